The van der Waals surface area contributed by atoms with Crippen LogP contribution >= 0.6 is 0 Å². The number of aliphatic hydroxyl groups excluding tert-OH is 3. The normalized spacial score (nSPS) is 15.5. The number of allylic oxidation sites excluding steroid dienone is 1. The van der Waals surface area contributed by atoms with Crippen molar-refractivity contribution in [1.82, 2.24) is 0 Å². The summed E-state index contributed by atoms with van der Waals surface area (Å²) in [6.07, 6.45) is 1.64. The molecular formula is C28H27NO9. The molecule has 0 radical (unpaired) electrons. The molecule has 0 spiro atoms. The van der Waals surface area contributed by atoms with E-state index in [-0.39, 0.29) is 23.8 Å². The summed E-state index contributed by atoms with van der Waals surface area (Å²) in [6, 6.07) is 10.7. The molecule has 0 amide bonds. The Labute approximate surface area is 218 Å². The molecule has 10 nitrogen and oxygen atoms in total. The summed E-state index contributed by atoms with van der Waals surface area (Å²) < 4.78 is 16.6. The number of methoxy groups -OCH3 is 3. The number of fused-ring (bicyclic) bond motifs is 1. The minimum Gasteiger partial charge on any atom is -0.496 e. The summed E-state index contributed by atoms with van der Waals surface area (Å²) in [4.78, 5) is 24.4. The number of aliphatic hydroxyl groups is 3. The van der Waals surface area contributed by atoms with Gasteiger partial charge in [0.1, 0.15) is 5.75 Å². The molecule has 1 atom stereocenters. The summed E-state index contributed by atoms with van der Waals surface area (Å²) in [5.74, 6) is -0.0902. The third-order valence-electron chi connectivity index (χ3n) is 6.66. The van der Waals surface area contributed by atoms with Crippen molar-refractivity contribution in [2.75, 3.05) is 21.3 Å². The monoisotopic (exact) mass is 521 g/mol. The largest absolute Gasteiger partial charge is 0.496 e. The first-order chi connectivity index (χ1) is 18.3. The summed E-state index contributed by atoms with van der Waals surface area (Å²) in [5, 5.41) is 41.2. The lowest BCUT2D eigenvalue weighted by Gasteiger charge is -2.22. The number of nitro groups is 1. The van der Waals surface area contributed by atoms with Crippen LogP contribution in [-0.4, -0.2) is 47.4 Å². The number of rotatable bonds is 9. The van der Waals surface area contributed by atoms with E-state index in [0.29, 0.717) is 56.0 Å². The summed E-state index contributed by atoms with van der Waals surface area (Å²) in [5.41, 5.74) is 3.33. The summed E-state index contributed by atoms with van der Waals surface area (Å²) >= 11 is 0. The van der Waals surface area contributed by atoms with Gasteiger partial charge >= 0.3 is 0 Å². The number of ketones is 1. The Morgan fingerprint density at radius 1 is 0.895 bits per heavy atom. The van der Waals surface area contributed by atoms with Crippen LogP contribution in [-0.2, 0) is 19.8 Å². The smallest absolute Gasteiger partial charge is 0.269 e. The maximum atomic E-state index is 13.8. The minimum absolute atomic E-state index is 0.0842. The second kappa shape index (κ2) is 11.0. The van der Waals surface area contributed by atoms with Crippen molar-refractivity contribution in [3.8, 4) is 17.2 Å². The average molecular weight is 522 g/mol. The van der Waals surface area contributed by atoms with E-state index in [0.717, 1.165) is 0 Å². The van der Waals surface area contributed by atoms with Gasteiger partial charge in [-0.3, -0.25) is 14.9 Å². The first kappa shape index (κ1) is 26.8. The van der Waals surface area contributed by atoms with Crippen LogP contribution in [0.15, 0.2) is 48.0 Å². The van der Waals surface area contributed by atoms with Gasteiger partial charge in [0.05, 0.1) is 46.1 Å². The molecule has 4 rings (SSSR count). The highest BCUT2D eigenvalue weighted by atomic mass is 16.6. The number of benzene rings is 3. The zero-order chi connectivity index (χ0) is 27.6. The molecule has 1 unspecified atom stereocenters. The molecule has 198 valence electrons. The lowest BCUT2D eigenvalue weighted by atomic mass is 9.85. The molecule has 0 saturated carbocycles. The predicted octanol–water partition coefficient (Wildman–Crippen LogP) is 3.51. The van der Waals surface area contributed by atoms with E-state index < -0.39 is 24.1 Å². The van der Waals surface area contributed by atoms with Crippen LogP contribution in [0.25, 0.3) is 6.08 Å². The van der Waals surface area contributed by atoms with Crippen LogP contribution in [0.4, 0.5) is 5.69 Å². The number of nitro benzene ring substituents is 1. The Bertz CT molecular complexity index is 1400. The van der Waals surface area contributed by atoms with Crippen LogP contribution in [0.3, 0.4) is 0 Å². The molecular weight excluding hydrogens is 494 g/mol. The first-order valence-electron chi connectivity index (χ1n) is 11.6. The number of hydrogen-bond acceptors (Lipinski definition) is 9. The average Bonchev–Trinajstić information content (AvgIpc) is 3.21. The third-order valence-corrected chi connectivity index (χ3v) is 6.66. The van der Waals surface area contributed by atoms with E-state index in [1.54, 1.807) is 36.4 Å². The second-order valence-corrected chi connectivity index (χ2v) is 8.61. The van der Waals surface area contributed by atoms with Crippen molar-refractivity contribution < 1.29 is 39.2 Å². The van der Waals surface area contributed by atoms with Gasteiger partial charge < -0.3 is 29.5 Å². The number of ether oxygens (including phenoxy) is 3. The van der Waals surface area contributed by atoms with Gasteiger partial charge in [-0.2, -0.15) is 0 Å². The highest BCUT2D eigenvalue weighted by Gasteiger charge is 2.40. The molecule has 1 aliphatic carbocycles. The van der Waals surface area contributed by atoms with Crippen LogP contribution in [0, 0.1) is 10.1 Å². The van der Waals surface area contributed by atoms with Gasteiger partial charge in [0.15, 0.2) is 17.3 Å². The molecule has 3 aromatic rings. The standard InChI is InChI=1S/C28H27NO9/c1-36-23-11-16(9-18(13-31)27(23)37-2)24-20(8-15-4-6-19(7-5-15)29(34)35)26(33)21-10-17(12-30)22(14-32)28(38-3)25(21)24/h4-11,24,30-32H,12-14H2,1-3H3. The molecule has 3 aromatic carbocycles. The number of non-ortho nitro benzene ring substituents is 1. The highest BCUT2D eigenvalue weighted by molar-refractivity contribution is 6.18. The van der Waals surface area contributed by atoms with Crippen LogP contribution < -0.4 is 14.2 Å². The third kappa shape index (κ3) is 4.49. The Morgan fingerprint density at radius 2 is 1.55 bits per heavy atom. The van der Waals surface area contributed by atoms with Gasteiger partial charge in [0, 0.05) is 45.9 Å². The summed E-state index contributed by atoms with van der Waals surface area (Å²) in [6.45, 7) is -1.20. The number of carbonyl (C=O) groups is 1. The number of Topliss-reactive ketones (excluding diaryl/α,β-unsaturated/α-hetero) is 1. The van der Waals surface area contributed by atoms with Gasteiger partial charge in [-0.1, -0.05) is 0 Å². The van der Waals surface area contributed by atoms with E-state index in [1.807, 2.05) is 0 Å². The Morgan fingerprint density at radius 3 is 2.08 bits per heavy atom. The predicted molar refractivity (Wildman–Crippen MR) is 138 cm³/mol. The number of carbonyl (C=O) groups excluding carboxylic acids is 1. The molecule has 38 heavy (non-hydrogen) atoms. The number of nitrogens with zero attached hydrogens (tertiary/aromatic N) is 1. The minimum atomic E-state index is -0.717. The van der Waals surface area contributed by atoms with Crippen molar-refractivity contribution in [2.45, 2.75) is 25.7 Å². The van der Waals surface area contributed by atoms with Gasteiger partial charge in [-0.15, -0.1) is 0 Å². The lowest BCUT2D eigenvalue weighted by molar-refractivity contribution is -0.384. The van der Waals surface area contributed by atoms with E-state index in [1.165, 1.54) is 33.5 Å². The van der Waals surface area contributed by atoms with Crippen molar-refractivity contribution in [2.24, 2.45) is 0 Å². The van der Waals surface area contributed by atoms with Crippen LogP contribution in [0.5, 0.6) is 17.2 Å². The topological polar surface area (TPSA) is 149 Å². The molecule has 0 saturated heterocycles. The quantitative estimate of drug-likeness (QED) is 0.218. The molecule has 0 fully saturated rings. The molecule has 10 heteroatoms. The SMILES string of the molecule is COc1cc(C2C(=Cc3ccc([N+](=O)[O-])cc3)C(=O)c3cc(CO)c(CO)c(OC)c32)cc(CO)c1OC. The fraction of sp³-hybridized carbons (Fsp3) is 0.250. The van der Waals surface area contributed by atoms with Gasteiger partial charge in [0.2, 0.25) is 0 Å². The van der Waals surface area contributed by atoms with E-state index >= 15 is 0 Å². The summed E-state index contributed by atoms with van der Waals surface area (Å²) in [7, 11) is 4.34. The zero-order valence-corrected chi connectivity index (χ0v) is 21.1. The van der Waals surface area contributed by atoms with E-state index in [9.17, 15) is 30.2 Å². The number of hydrogen-bond donors (Lipinski definition) is 3. The Hall–Kier alpha value is -4.25. The molecule has 0 bridgehead atoms. The van der Waals surface area contributed by atoms with Crippen molar-refractivity contribution in [3.63, 3.8) is 0 Å². The van der Waals surface area contributed by atoms with Gasteiger partial charge in [-0.05, 0) is 53.1 Å². The van der Waals surface area contributed by atoms with Crippen LogP contribution in [0.2, 0.25) is 0 Å². The fourth-order valence-corrected chi connectivity index (χ4v) is 4.95. The molecule has 1 aliphatic rings. The Kier molecular flexibility index (Phi) is 7.77. The van der Waals surface area contributed by atoms with Crippen molar-refractivity contribution >= 4 is 17.5 Å². The lowest BCUT2D eigenvalue weighted by Crippen LogP contribution is -2.08. The maximum absolute atomic E-state index is 13.8. The fourth-order valence-electron chi connectivity index (χ4n) is 4.95. The Balaban J connectivity index is 2.04. The second-order valence-electron chi connectivity index (χ2n) is 8.61. The van der Waals surface area contributed by atoms with Crippen molar-refractivity contribution in [3.05, 3.63) is 97.1 Å². The molecule has 0 aromatic heterocycles. The van der Waals surface area contributed by atoms with Crippen LogP contribution in [0.1, 0.15) is 49.7 Å². The molecule has 3 N–H and O–H groups in total. The van der Waals surface area contributed by atoms with Crippen molar-refractivity contribution in [1.29, 1.82) is 0 Å². The zero-order valence-electron chi connectivity index (χ0n) is 21.1. The highest BCUT2D eigenvalue weighted by Crippen LogP contribution is 2.51. The van der Waals surface area contributed by atoms with Gasteiger partial charge in [0.25, 0.3) is 5.69 Å². The molecule has 0 aliphatic heterocycles. The van der Waals surface area contributed by atoms with E-state index in [2.05, 4.69) is 0 Å². The van der Waals surface area contributed by atoms with E-state index in [4.69, 9.17) is 14.2 Å². The first-order valence-corrected chi connectivity index (χ1v) is 11.6. The van der Waals surface area contributed by atoms with Gasteiger partial charge in [-0.25, -0.2) is 0 Å². The molecule has 0 heterocycles. The maximum Gasteiger partial charge on any atom is 0.269 e.